The average molecular weight is 266 g/mol. The van der Waals surface area contributed by atoms with Crippen molar-refractivity contribution in [1.82, 2.24) is 4.90 Å². The van der Waals surface area contributed by atoms with Crippen molar-refractivity contribution < 1.29 is 9.84 Å². The Morgan fingerprint density at radius 1 is 1.37 bits per heavy atom. The highest BCUT2D eigenvalue weighted by molar-refractivity contribution is 5.35. The summed E-state index contributed by atoms with van der Waals surface area (Å²) in [5.41, 5.74) is 7.18. The van der Waals surface area contributed by atoms with Gasteiger partial charge in [-0.3, -0.25) is 4.90 Å². The highest BCUT2D eigenvalue weighted by atomic mass is 16.5. The van der Waals surface area contributed by atoms with Crippen molar-refractivity contribution in [3.8, 4) is 5.75 Å². The molecule has 2 atom stereocenters. The van der Waals surface area contributed by atoms with E-state index in [2.05, 4.69) is 24.8 Å². The van der Waals surface area contributed by atoms with E-state index in [4.69, 9.17) is 15.6 Å². The standard InChI is InChI=1S/C15H26N2O2/c1-4-17(11-13(16)9-10-18)12(2)14-7-5-6-8-15(14)19-3/h5-8,12-13,18H,4,9-11,16H2,1-3H3/t12-,13-/m0/s1. The number of hydrogen-bond donors (Lipinski definition) is 2. The molecule has 0 unspecified atom stereocenters. The van der Waals surface area contributed by atoms with Crippen LogP contribution in [0.4, 0.5) is 0 Å². The zero-order valence-electron chi connectivity index (χ0n) is 12.2. The zero-order chi connectivity index (χ0) is 14.3. The number of aliphatic hydroxyl groups is 1. The number of nitrogens with two attached hydrogens (primary N) is 1. The Morgan fingerprint density at radius 3 is 2.63 bits per heavy atom. The molecule has 4 heteroatoms. The first kappa shape index (κ1) is 16.0. The SMILES string of the molecule is CCN(C[C@@H](N)CCO)[C@@H](C)c1ccccc1OC. The second-order valence-corrected chi connectivity index (χ2v) is 4.78. The first-order valence-corrected chi connectivity index (χ1v) is 6.87. The molecule has 19 heavy (non-hydrogen) atoms. The lowest BCUT2D eigenvalue weighted by Gasteiger charge is -2.31. The van der Waals surface area contributed by atoms with Gasteiger partial charge in [0.25, 0.3) is 0 Å². The minimum atomic E-state index is 0.00195. The van der Waals surface area contributed by atoms with E-state index in [1.54, 1.807) is 7.11 Å². The number of likely N-dealkylation sites (N-methyl/N-ethyl adjacent to an activating group) is 1. The second kappa shape index (κ2) is 8.15. The van der Waals surface area contributed by atoms with Gasteiger partial charge in [0, 0.05) is 30.8 Å². The summed E-state index contributed by atoms with van der Waals surface area (Å²) in [7, 11) is 1.69. The highest BCUT2D eigenvalue weighted by Crippen LogP contribution is 2.28. The van der Waals surface area contributed by atoms with Gasteiger partial charge in [-0.25, -0.2) is 0 Å². The van der Waals surface area contributed by atoms with Gasteiger partial charge in [-0.05, 0) is 26.0 Å². The summed E-state index contributed by atoms with van der Waals surface area (Å²) in [5, 5.41) is 8.94. The van der Waals surface area contributed by atoms with Crippen molar-refractivity contribution in [2.45, 2.75) is 32.4 Å². The predicted octanol–water partition coefficient (Wildman–Crippen LogP) is 1.79. The van der Waals surface area contributed by atoms with Crippen LogP contribution in [0, 0.1) is 0 Å². The number of methoxy groups -OCH3 is 1. The Kier molecular flexibility index (Phi) is 6.84. The average Bonchev–Trinajstić information content (AvgIpc) is 2.44. The molecule has 0 aliphatic carbocycles. The van der Waals surface area contributed by atoms with Crippen LogP contribution in [0.3, 0.4) is 0 Å². The molecule has 0 bridgehead atoms. The molecule has 0 fully saturated rings. The van der Waals surface area contributed by atoms with Gasteiger partial charge in [-0.15, -0.1) is 0 Å². The van der Waals surface area contributed by atoms with Crippen LogP contribution in [-0.4, -0.2) is 42.9 Å². The van der Waals surface area contributed by atoms with Crippen LogP contribution in [0.5, 0.6) is 5.75 Å². The fourth-order valence-corrected chi connectivity index (χ4v) is 2.33. The number of rotatable bonds is 8. The van der Waals surface area contributed by atoms with Gasteiger partial charge in [-0.1, -0.05) is 25.1 Å². The van der Waals surface area contributed by atoms with Crippen molar-refractivity contribution in [3.05, 3.63) is 29.8 Å². The summed E-state index contributed by atoms with van der Waals surface area (Å²) >= 11 is 0. The minimum Gasteiger partial charge on any atom is -0.496 e. The minimum absolute atomic E-state index is 0.00195. The lowest BCUT2D eigenvalue weighted by atomic mass is 10.0. The quantitative estimate of drug-likeness (QED) is 0.753. The van der Waals surface area contributed by atoms with Crippen molar-refractivity contribution in [2.75, 3.05) is 26.8 Å². The normalized spacial score (nSPS) is 14.4. The molecule has 0 saturated carbocycles. The lowest BCUT2D eigenvalue weighted by Crippen LogP contribution is -2.39. The van der Waals surface area contributed by atoms with E-state index >= 15 is 0 Å². The van der Waals surface area contributed by atoms with Gasteiger partial charge in [0.2, 0.25) is 0 Å². The van der Waals surface area contributed by atoms with Crippen molar-refractivity contribution in [1.29, 1.82) is 0 Å². The van der Waals surface area contributed by atoms with E-state index in [-0.39, 0.29) is 18.7 Å². The molecule has 1 rings (SSSR count). The Labute approximate surface area is 116 Å². The summed E-state index contributed by atoms with van der Waals surface area (Å²) in [6.07, 6.45) is 0.634. The third kappa shape index (κ3) is 4.49. The smallest absolute Gasteiger partial charge is 0.123 e. The van der Waals surface area contributed by atoms with E-state index in [0.717, 1.165) is 18.8 Å². The van der Waals surface area contributed by atoms with Gasteiger partial charge in [0.1, 0.15) is 5.75 Å². The van der Waals surface area contributed by atoms with E-state index < -0.39 is 0 Å². The molecule has 0 saturated heterocycles. The molecule has 0 amide bonds. The van der Waals surface area contributed by atoms with E-state index in [1.165, 1.54) is 5.56 Å². The monoisotopic (exact) mass is 266 g/mol. The molecular formula is C15H26N2O2. The Hall–Kier alpha value is -1.10. The zero-order valence-corrected chi connectivity index (χ0v) is 12.2. The van der Waals surface area contributed by atoms with Crippen molar-refractivity contribution in [3.63, 3.8) is 0 Å². The topological polar surface area (TPSA) is 58.7 Å². The summed E-state index contributed by atoms with van der Waals surface area (Å²) in [6.45, 7) is 6.11. The summed E-state index contributed by atoms with van der Waals surface area (Å²) in [4.78, 5) is 2.30. The molecule has 0 radical (unpaired) electrons. The molecule has 0 aromatic heterocycles. The fourth-order valence-electron chi connectivity index (χ4n) is 2.33. The van der Waals surface area contributed by atoms with Crippen LogP contribution in [0.2, 0.25) is 0 Å². The van der Waals surface area contributed by atoms with Gasteiger partial charge in [-0.2, -0.15) is 0 Å². The largest absolute Gasteiger partial charge is 0.496 e. The molecular weight excluding hydrogens is 240 g/mol. The highest BCUT2D eigenvalue weighted by Gasteiger charge is 2.19. The third-order valence-electron chi connectivity index (χ3n) is 3.51. The molecule has 0 heterocycles. The Bertz CT molecular complexity index is 371. The molecule has 1 aromatic rings. The summed E-state index contributed by atoms with van der Waals surface area (Å²) in [6, 6.07) is 8.31. The fraction of sp³-hybridized carbons (Fsp3) is 0.600. The van der Waals surface area contributed by atoms with Crippen LogP contribution in [0.15, 0.2) is 24.3 Å². The molecule has 0 spiro atoms. The number of hydrogen-bond acceptors (Lipinski definition) is 4. The number of benzene rings is 1. The number of aliphatic hydroxyl groups excluding tert-OH is 1. The molecule has 1 aromatic carbocycles. The first-order chi connectivity index (χ1) is 9.13. The van der Waals surface area contributed by atoms with Crippen LogP contribution in [0.25, 0.3) is 0 Å². The molecule has 0 aliphatic rings. The summed E-state index contributed by atoms with van der Waals surface area (Å²) in [5.74, 6) is 0.907. The van der Waals surface area contributed by atoms with E-state index in [9.17, 15) is 0 Å². The Balaban J connectivity index is 2.80. The van der Waals surface area contributed by atoms with Gasteiger partial charge in [0.05, 0.1) is 7.11 Å². The number of para-hydroxylation sites is 1. The predicted molar refractivity (Wildman–Crippen MR) is 78.3 cm³/mol. The maximum atomic E-state index is 8.94. The lowest BCUT2D eigenvalue weighted by molar-refractivity contribution is 0.188. The third-order valence-corrected chi connectivity index (χ3v) is 3.51. The van der Waals surface area contributed by atoms with Crippen molar-refractivity contribution >= 4 is 0 Å². The number of nitrogens with zero attached hydrogens (tertiary/aromatic N) is 1. The molecule has 108 valence electrons. The van der Waals surface area contributed by atoms with E-state index in [1.807, 2.05) is 18.2 Å². The van der Waals surface area contributed by atoms with Gasteiger partial charge >= 0.3 is 0 Å². The molecule has 0 aliphatic heterocycles. The van der Waals surface area contributed by atoms with Crippen molar-refractivity contribution in [2.24, 2.45) is 5.73 Å². The van der Waals surface area contributed by atoms with Crippen LogP contribution in [0.1, 0.15) is 31.9 Å². The van der Waals surface area contributed by atoms with E-state index in [0.29, 0.717) is 6.42 Å². The van der Waals surface area contributed by atoms with Crippen LogP contribution in [-0.2, 0) is 0 Å². The maximum Gasteiger partial charge on any atom is 0.123 e. The number of ether oxygens (including phenoxy) is 1. The second-order valence-electron chi connectivity index (χ2n) is 4.78. The van der Waals surface area contributed by atoms with Crippen LogP contribution >= 0.6 is 0 Å². The maximum absolute atomic E-state index is 8.94. The van der Waals surface area contributed by atoms with Gasteiger partial charge in [0.15, 0.2) is 0 Å². The van der Waals surface area contributed by atoms with Crippen LogP contribution < -0.4 is 10.5 Å². The first-order valence-electron chi connectivity index (χ1n) is 6.87. The molecule has 4 nitrogen and oxygen atoms in total. The summed E-state index contributed by atoms with van der Waals surface area (Å²) < 4.78 is 5.42. The van der Waals surface area contributed by atoms with Gasteiger partial charge < -0.3 is 15.6 Å². The Morgan fingerprint density at radius 2 is 2.05 bits per heavy atom. The molecule has 3 N–H and O–H groups in total.